The minimum atomic E-state index is -2.83. The van der Waals surface area contributed by atoms with Crippen molar-refractivity contribution in [3.63, 3.8) is 0 Å². The van der Waals surface area contributed by atoms with Crippen LogP contribution < -0.4 is 0 Å². The molecule has 1 saturated heterocycles. The lowest BCUT2D eigenvalue weighted by Gasteiger charge is -2.51. The molecule has 1 aliphatic heterocycles. The van der Waals surface area contributed by atoms with E-state index < -0.39 is 34.2 Å². The van der Waals surface area contributed by atoms with Gasteiger partial charge in [0, 0.05) is 26.4 Å². The predicted octanol–water partition coefficient (Wildman–Crippen LogP) is 1.88. The molecule has 1 rings (SSSR count). The SMILES string of the molecule is C[Si]1(C)O[Si](C)(C)O[Si](CCCO)(CCCO)O[Si](CCCO)(CCCO)O1. The summed E-state index contributed by atoms with van der Waals surface area (Å²) < 4.78 is 26.8. The summed E-state index contributed by atoms with van der Waals surface area (Å²) in [4.78, 5) is 0. The molecular weight excluding hydrogens is 433 g/mol. The molecule has 0 radical (unpaired) electrons. The second-order valence-corrected chi connectivity index (χ2v) is 22.8. The Kier molecular flexibility index (Phi) is 11.2. The van der Waals surface area contributed by atoms with Crippen LogP contribution in [-0.4, -0.2) is 81.1 Å². The van der Waals surface area contributed by atoms with Crippen LogP contribution in [0.2, 0.25) is 50.4 Å². The lowest BCUT2D eigenvalue weighted by atomic mass is 10.5. The third kappa shape index (κ3) is 8.73. The van der Waals surface area contributed by atoms with Crippen molar-refractivity contribution in [1.82, 2.24) is 0 Å². The quantitative estimate of drug-likeness (QED) is 0.318. The molecule has 0 saturated carbocycles. The van der Waals surface area contributed by atoms with Crippen molar-refractivity contribution in [3.8, 4) is 0 Å². The first-order chi connectivity index (χ1) is 13.1. The fourth-order valence-electron chi connectivity index (χ4n) is 3.96. The molecule has 0 unspecified atom stereocenters. The van der Waals surface area contributed by atoms with E-state index in [1.165, 1.54) is 0 Å². The van der Waals surface area contributed by atoms with Gasteiger partial charge in [-0.1, -0.05) is 0 Å². The Morgan fingerprint density at radius 1 is 0.464 bits per heavy atom. The third-order valence-corrected chi connectivity index (χ3v) is 22.9. The molecule has 8 nitrogen and oxygen atoms in total. The molecule has 0 bridgehead atoms. The Morgan fingerprint density at radius 3 is 1.00 bits per heavy atom. The van der Waals surface area contributed by atoms with Crippen LogP contribution in [0.15, 0.2) is 0 Å². The summed E-state index contributed by atoms with van der Waals surface area (Å²) in [6, 6.07) is 2.45. The van der Waals surface area contributed by atoms with Crippen molar-refractivity contribution in [3.05, 3.63) is 0 Å². The molecule has 1 heterocycles. The average Bonchev–Trinajstić information content (AvgIpc) is 2.58. The first-order valence-corrected chi connectivity index (χ1v) is 20.4. The number of aliphatic hydroxyl groups excluding tert-OH is 4. The number of rotatable bonds is 12. The third-order valence-electron chi connectivity index (χ3n) is 4.59. The average molecular weight is 473 g/mol. The topological polar surface area (TPSA) is 118 Å². The van der Waals surface area contributed by atoms with Crippen LogP contribution >= 0.6 is 0 Å². The standard InChI is InChI=1S/C16H40O8Si4/c1-25(2)21-26(3,4)23-28(15-7-11-19,16-8-12-20)24-27(22-25,13-5-9-17)14-6-10-18/h17-20H,5-16H2,1-4H3. The van der Waals surface area contributed by atoms with Gasteiger partial charge in [0.25, 0.3) is 0 Å². The monoisotopic (exact) mass is 472 g/mol. The maximum absolute atomic E-state index is 9.45. The molecular formula is C16H40O8Si4. The Morgan fingerprint density at radius 2 is 0.750 bits per heavy atom. The molecule has 0 spiro atoms. The Hall–Kier alpha value is 0.548. The van der Waals surface area contributed by atoms with Gasteiger partial charge in [0.2, 0.25) is 0 Å². The molecule has 1 aliphatic rings. The first kappa shape index (κ1) is 26.6. The zero-order valence-corrected chi connectivity index (χ0v) is 21.9. The zero-order valence-electron chi connectivity index (χ0n) is 17.9. The van der Waals surface area contributed by atoms with Crippen molar-refractivity contribution < 1.29 is 36.9 Å². The van der Waals surface area contributed by atoms with Gasteiger partial charge in [-0.3, -0.25) is 0 Å². The normalized spacial score (nSPS) is 23.1. The van der Waals surface area contributed by atoms with E-state index in [0.29, 0.717) is 49.9 Å². The largest absolute Gasteiger partial charge is 0.416 e. The summed E-state index contributed by atoms with van der Waals surface area (Å²) in [6.07, 6.45) is 2.25. The number of hydrogen-bond donors (Lipinski definition) is 4. The highest BCUT2D eigenvalue weighted by Crippen LogP contribution is 2.39. The molecule has 0 aromatic rings. The van der Waals surface area contributed by atoms with E-state index in [-0.39, 0.29) is 26.4 Å². The molecule has 4 N–H and O–H groups in total. The van der Waals surface area contributed by atoms with Gasteiger partial charge in [0.05, 0.1) is 0 Å². The Balaban J connectivity index is 3.36. The van der Waals surface area contributed by atoms with Gasteiger partial charge in [-0.2, -0.15) is 0 Å². The van der Waals surface area contributed by atoms with Gasteiger partial charge in [-0.05, 0) is 76.0 Å². The van der Waals surface area contributed by atoms with Crippen LogP contribution in [0.1, 0.15) is 25.7 Å². The minimum absolute atomic E-state index is 0.0480. The summed E-state index contributed by atoms with van der Waals surface area (Å²) in [7, 11) is -10.7. The second kappa shape index (κ2) is 11.8. The summed E-state index contributed by atoms with van der Waals surface area (Å²) in [5, 5.41) is 37.8. The molecule has 28 heavy (non-hydrogen) atoms. The summed E-state index contributed by atoms with van der Waals surface area (Å²) in [5.74, 6) is 0. The smallest absolute Gasteiger partial charge is 0.320 e. The van der Waals surface area contributed by atoms with Gasteiger partial charge in [0.1, 0.15) is 0 Å². The summed E-state index contributed by atoms with van der Waals surface area (Å²) in [6.45, 7) is 8.21. The predicted molar refractivity (Wildman–Crippen MR) is 117 cm³/mol. The molecule has 0 amide bonds. The fraction of sp³-hybridized carbons (Fsp3) is 1.00. The van der Waals surface area contributed by atoms with E-state index in [9.17, 15) is 20.4 Å². The molecule has 1 fully saturated rings. The molecule has 12 heteroatoms. The summed E-state index contributed by atoms with van der Waals surface area (Å²) >= 11 is 0. The van der Waals surface area contributed by atoms with Crippen molar-refractivity contribution in [2.75, 3.05) is 26.4 Å². The number of aliphatic hydroxyl groups is 4. The van der Waals surface area contributed by atoms with Crippen LogP contribution in [0, 0.1) is 0 Å². The molecule has 0 aromatic heterocycles. The highest BCUT2D eigenvalue weighted by Gasteiger charge is 2.56. The van der Waals surface area contributed by atoms with Crippen molar-refractivity contribution in [1.29, 1.82) is 0 Å². The highest BCUT2D eigenvalue weighted by molar-refractivity contribution is 6.93. The van der Waals surface area contributed by atoms with Crippen molar-refractivity contribution in [2.24, 2.45) is 0 Å². The van der Waals surface area contributed by atoms with Crippen LogP contribution in [0.25, 0.3) is 0 Å². The maximum Gasteiger partial charge on any atom is 0.320 e. The molecule has 168 valence electrons. The first-order valence-electron chi connectivity index (χ1n) is 10.3. The van der Waals surface area contributed by atoms with Crippen LogP contribution in [0.5, 0.6) is 0 Å². The summed E-state index contributed by atoms with van der Waals surface area (Å²) in [5.41, 5.74) is 0. The zero-order chi connectivity index (χ0) is 21.3. The van der Waals surface area contributed by atoms with E-state index >= 15 is 0 Å². The van der Waals surface area contributed by atoms with Crippen LogP contribution in [0.4, 0.5) is 0 Å². The van der Waals surface area contributed by atoms with Crippen LogP contribution in [0.3, 0.4) is 0 Å². The van der Waals surface area contributed by atoms with Gasteiger partial charge >= 0.3 is 34.2 Å². The fourth-order valence-corrected chi connectivity index (χ4v) is 27.3. The molecule has 0 atom stereocenters. The van der Waals surface area contributed by atoms with Gasteiger partial charge in [0.15, 0.2) is 0 Å². The van der Waals surface area contributed by atoms with E-state index in [1.807, 2.05) is 26.2 Å². The van der Waals surface area contributed by atoms with E-state index in [2.05, 4.69) is 0 Å². The lowest BCUT2D eigenvalue weighted by molar-refractivity contribution is 0.205. The van der Waals surface area contributed by atoms with Crippen molar-refractivity contribution in [2.45, 2.75) is 76.0 Å². The van der Waals surface area contributed by atoms with E-state index in [4.69, 9.17) is 16.5 Å². The van der Waals surface area contributed by atoms with E-state index in [1.54, 1.807) is 0 Å². The van der Waals surface area contributed by atoms with Gasteiger partial charge in [-0.15, -0.1) is 0 Å². The highest BCUT2D eigenvalue weighted by atomic mass is 28.5. The minimum Gasteiger partial charge on any atom is -0.416 e. The Labute approximate surface area is 173 Å². The van der Waals surface area contributed by atoms with Crippen LogP contribution in [-0.2, 0) is 16.5 Å². The second-order valence-electron chi connectivity index (χ2n) is 8.34. The van der Waals surface area contributed by atoms with Crippen molar-refractivity contribution >= 4 is 34.2 Å². The van der Waals surface area contributed by atoms with Gasteiger partial charge in [-0.25, -0.2) is 0 Å². The Bertz CT molecular complexity index is 398. The molecule has 0 aromatic carbocycles. The maximum atomic E-state index is 9.45. The molecule has 0 aliphatic carbocycles. The lowest BCUT2D eigenvalue weighted by Crippen LogP contribution is -2.67. The van der Waals surface area contributed by atoms with Gasteiger partial charge < -0.3 is 36.9 Å². The number of hydrogen-bond acceptors (Lipinski definition) is 8. The van der Waals surface area contributed by atoms with E-state index in [0.717, 1.165) is 0 Å².